The highest BCUT2D eigenvalue weighted by atomic mass is 79.9. The summed E-state index contributed by atoms with van der Waals surface area (Å²) in [5.41, 5.74) is 1.19. The lowest BCUT2D eigenvalue weighted by Gasteiger charge is -2.14. The van der Waals surface area contributed by atoms with Gasteiger partial charge in [-0.2, -0.15) is 0 Å². The van der Waals surface area contributed by atoms with Gasteiger partial charge >= 0.3 is 0 Å². The molecule has 1 aromatic carbocycles. The molecule has 16 heavy (non-hydrogen) atoms. The average Bonchev–Trinajstić information content (AvgIpc) is 2.27. The van der Waals surface area contributed by atoms with E-state index in [1.54, 1.807) is 0 Å². The predicted molar refractivity (Wildman–Crippen MR) is 76.3 cm³/mol. The maximum atomic E-state index is 5.85. The summed E-state index contributed by atoms with van der Waals surface area (Å²) < 4.78 is 6.94. The SMILES string of the molecule is CCCC(C)COc1ccc(Br)cc1CBr. The molecule has 0 saturated heterocycles. The van der Waals surface area contributed by atoms with Gasteiger partial charge in [-0.15, -0.1) is 0 Å². The summed E-state index contributed by atoms with van der Waals surface area (Å²) in [6.45, 7) is 5.24. The molecule has 0 aliphatic heterocycles. The summed E-state index contributed by atoms with van der Waals surface area (Å²) in [6, 6.07) is 6.14. The Balaban J connectivity index is 2.59. The van der Waals surface area contributed by atoms with Crippen molar-refractivity contribution in [3.05, 3.63) is 28.2 Å². The first-order valence-electron chi connectivity index (χ1n) is 5.64. The molecule has 0 amide bonds. The van der Waals surface area contributed by atoms with Gasteiger partial charge in [-0.05, 0) is 30.5 Å². The molecule has 0 aliphatic carbocycles. The summed E-state index contributed by atoms with van der Waals surface area (Å²) >= 11 is 6.95. The zero-order valence-corrected chi connectivity index (χ0v) is 13.0. The van der Waals surface area contributed by atoms with Crippen molar-refractivity contribution in [2.75, 3.05) is 6.61 Å². The maximum Gasteiger partial charge on any atom is 0.123 e. The summed E-state index contributed by atoms with van der Waals surface area (Å²) in [4.78, 5) is 0. The van der Waals surface area contributed by atoms with Crippen molar-refractivity contribution in [2.45, 2.75) is 32.0 Å². The molecule has 0 aliphatic rings. The number of rotatable bonds is 6. The normalized spacial score (nSPS) is 12.5. The molecule has 0 fully saturated rings. The molecule has 3 heteroatoms. The smallest absolute Gasteiger partial charge is 0.123 e. The molecular formula is C13H18Br2O. The maximum absolute atomic E-state index is 5.85. The summed E-state index contributed by atoms with van der Waals surface area (Å²) in [7, 11) is 0. The standard InChI is InChI=1S/C13H18Br2O/c1-3-4-10(2)9-16-13-6-5-12(15)7-11(13)8-14/h5-7,10H,3-4,8-9H2,1-2H3. The van der Waals surface area contributed by atoms with Crippen LogP contribution in [0.5, 0.6) is 5.75 Å². The molecule has 90 valence electrons. The molecule has 0 spiro atoms. The largest absolute Gasteiger partial charge is 0.493 e. The topological polar surface area (TPSA) is 9.23 Å². The molecule has 0 N–H and O–H groups in total. The Morgan fingerprint density at radius 1 is 1.38 bits per heavy atom. The van der Waals surface area contributed by atoms with Crippen molar-refractivity contribution < 1.29 is 4.74 Å². The van der Waals surface area contributed by atoms with Crippen LogP contribution in [0.15, 0.2) is 22.7 Å². The fourth-order valence-corrected chi connectivity index (χ4v) is 2.45. The number of benzene rings is 1. The second-order valence-electron chi connectivity index (χ2n) is 4.09. The molecular weight excluding hydrogens is 332 g/mol. The van der Waals surface area contributed by atoms with E-state index in [1.165, 1.54) is 18.4 Å². The average molecular weight is 350 g/mol. The Morgan fingerprint density at radius 2 is 2.12 bits per heavy atom. The highest BCUT2D eigenvalue weighted by Crippen LogP contribution is 2.25. The van der Waals surface area contributed by atoms with Crippen molar-refractivity contribution in [3.63, 3.8) is 0 Å². The Bertz CT molecular complexity index is 326. The Labute approximate surface area is 115 Å². The molecule has 1 nitrogen and oxygen atoms in total. The van der Waals surface area contributed by atoms with Gasteiger partial charge in [0.1, 0.15) is 5.75 Å². The molecule has 0 aromatic heterocycles. The van der Waals surface area contributed by atoms with Gasteiger partial charge in [0, 0.05) is 15.4 Å². The third-order valence-corrected chi connectivity index (χ3v) is 3.57. The molecule has 0 radical (unpaired) electrons. The van der Waals surface area contributed by atoms with Crippen LogP contribution in [-0.2, 0) is 5.33 Å². The fraction of sp³-hybridized carbons (Fsp3) is 0.538. The molecule has 1 atom stereocenters. The van der Waals surface area contributed by atoms with Crippen molar-refractivity contribution in [2.24, 2.45) is 5.92 Å². The monoisotopic (exact) mass is 348 g/mol. The quantitative estimate of drug-likeness (QED) is 0.644. The van der Waals surface area contributed by atoms with Crippen molar-refractivity contribution in [1.82, 2.24) is 0 Å². The lowest BCUT2D eigenvalue weighted by molar-refractivity contribution is 0.250. The van der Waals surface area contributed by atoms with Crippen molar-refractivity contribution >= 4 is 31.9 Å². The zero-order chi connectivity index (χ0) is 12.0. The third-order valence-electron chi connectivity index (χ3n) is 2.47. The number of alkyl halides is 1. The van der Waals surface area contributed by atoms with E-state index in [1.807, 2.05) is 12.1 Å². The van der Waals surface area contributed by atoms with E-state index in [9.17, 15) is 0 Å². The molecule has 1 rings (SSSR count). The van der Waals surface area contributed by atoms with E-state index in [0.717, 1.165) is 22.2 Å². The van der Waals surface area contributed by atoms with Crippen LogP contribution in [-0.4, -0.2) is 6.61 Å². The van der Waals surface area contributed by atoms with Crippen LogP contribution < -0.4 is 4.74 Å². The minimum Gasteiger partial charge on any atom is -0.493 e. The third kappa shape index (κ3) is 4.46. The fourth-order valence-electron chi connectivity index (χ4n) is 1.60. The number of hydrogen-bond donors (Lipinski definition) is 0. The van der Waals surface area contributed by atoms with Gasteiger partial charge in [0.2, 0.25) is 0 Å². The first kappa shape index (κ1) is 14.0. The number of hydrogen-bond acceptors (Lipinski definition) is 1. The van der Waals surface area contributed by atoms with E-state index in [4.69, 9.17) is 4.74 Å². The zero-order valence-electron chi connectivity index (χ0n) is 9.80. The van der Waals surface area contributed by atoms with Crippen LogP contribution in [0.25, 0.3) is 0 Å². The minimum atomic E-state index is 0.622. The van der Waals surface area contributed by atoms with Crippen molar-refractivity contribution in [1.29, 1.82) is 0 Å². The van der Waals surface area contributed by atoms with E-state index < -0.39 is 0 Å². The van der Waals surface area contributed by atoms with Crippen LogP contribution in [0, 0.1) is 5.92 Å². The van der Waals surface area contributed by atoms with Gasteiger partial charge < -0.3 is 4.74 Å². The van der Waals surface area contributed by atoms with Crippen LogP contribution in [0.2, 0.25) is 0 Å². The summed E-state index contributed by atoms with van der Waals surface area (Å²) in [5.74, 6) is 1.61. The van der Waals surface area contributed by atoms with Gasteiger partial charge in [-0.25, -0.2) is 0 Å². The lowest BCUT2D eigenvalue weighted by Crippen LogP contribution is -2.09. The lowest BCUT2D eigenvalue weighted by atomic mass is 10.1. The van der Waals surface area contributed by atoms with Crippen LogP contribution in [0.1, 0.15) is 32.3 Å². The molecule has 1 unspecified atom stereocenters. The van der Waals surface area contributed by atoms with E-state index >= 15 is 0 Å². The highest BCUT2D eigenvalue weighted by Gasteiger charge is 2.06. The number of halogens is 2. The second kappa shape index (κ2) is 7.33. The summed E-state index contributed by atoms with van der Waals surface area (Å²) in [6.07, 6.45) is 2.44. The molecule has 0 saturated carbocycles. The van der Waals surface area contributed by atoms with Gasteiger partial charge in [0.15, 0.2) is 0 Å². The molecule has 0 heterocycles. The van der Waals surface area contributed by atoms with Crippen LogP contribution in [0.3, 0.4) is 0 Å². The van der Waals surface area contributed by atoms with Crippen molar-refractivity contribution in [3.8, 4) is 5.75 Å². The van der Waals surface area contributed by atoms with E-state index in [-0.39, 0.29) is 0 Å². The van der Waals surface area contributed by atoms with Gasteiger partial charge in [0.05, 0.1) is 6.61 Å². The van der Waals surface area contributed by atoms with Gasteiger partial charge in [0.25, 0.3) is 0 Å². The second-order valence-corrected chi connectivity index (χ2v) is 5.57. The summed E-state index contributed by atoms with van der Waals surface area (Å²) in [5, 5.41) is 0.823. The highest BCUT2D eigenvalue weighted by molar-refractivity contribution is 9.10. The van der Waals surface area contributed by atoms with Gasteiger partial charge in [-0.3, -0.25) is 0 Å². The Hall–Kier alpha value is -0.0200. The van der Waals surface area contributed by atoms with E-state index in [2.05, 4.69) is 51.8 Å². The first-order valence-corrected chi connectivity index (χ1v) is 7.56. The molecule has 1 aromatic rings. The molecule has 0 bridgehead atoms. The van der Waals surface area contributed by atoms with E-state index in [0.29, 0.717) is 5.92 Å². The van der Waals surface area contributed by atoms with Crippen LogP contribution >= 0.6 is 31.9 Å². The predicted octanol–water partition coefficient (Wildman–Crippen LogP) is 5.16. The number of ether oxygens (including phenoxy) is 1. The Morgan fingerprint density at radius 3 is 2.75 bits per heavy atom. The van der Waals surface area contributed by atoms with Crippen LogP contribution in [0.4, 0.5) is 0 Å². The first-order chi connectivity index (χ1) is 7.67. The van der Waals surface area contributed by atoms with Gasteiger partial charge in [-0.1, -0.05) is 52.1 Å². The Kier molecular flexibility index (Phi) is 6.44. The minimum absolute atomic E-state index is 0.622.